The second-order valence-corrected chi connectivity index (χ2v) is 4.34. The number of carbonyl (C=O) groups is 1. The van der Waals surface area contributed by atoms with Gasteiger partial charge in [-0.2, -0.15) is 5.10 Å². The summed E-state index contributed by atoms with van der Waals surface area (Å²) in [4.78, 5) is 16.2. The first kappa shape index (κ1) is 12.1. The number of aromatic nitrogens is 3. The monoisotopic (exact) mass is 264 g/mol. The normalized spacial score (nSPS) is 10.4. The number of rotatable bonds is 3. The Labute approximate surface area is 115 Å². The standard InChI is InChI=1S/C15H12N4O/c16-13-5-1-11(2-6-13)15(20)12-3-7-14(8-4-12)19-10-17-9-18-19/h1-10H,16H2. The highest BCUT2D eigenvalue weighted by atomic mass is 16.1. The third kappa shape index (κ3) is 2.29. The van der Waals surface area contributed by atoms with Gasteiger partial charge >= 0.3 is 0 Å². The molecule has 0 aliphatic heterocycles. The maximum Gasteiger partial charge on any atom is 0.193 e. The van der Waals surface area contributed by atoms with E-state index in [0.717, 1.165) is 5.69 Å². The van der Waals surface area contributed by atoms with Crippen molar-refractivity contribution in [2.24, 2.45) is 0 Å². The van der Waals surface area contributed by atoms with Crippen LogP contribution >= 0.6 is 0 Å². The summed E-state index contributed by atoms with van der Waals surface area (Å²) in [5.74, 6) is -0.0323. The molecule has 0 saturated heterocycles. The maximum absolute atomic E-state index is 12.3. The molecule has 3 rings (SSSR count). The molecule has 0 aliphatic rings. The van der Waals surface area contributed by atoms with Crippen LogP contribution in [0.5, 0.6) is 0 Å². The summed E-state index contributed by atoms with van der Waals surface area (Å²) in [5.41, 5.74) is 8.35. The number of nitrogens with zero attached hydrogens (tertiary/aromatic N) is 3. The SMILES string of the molecule is Nc1ccc(C(=O)c2ccc(-n3cncn3)cc2)cc1. The van der Waals surface area contributed by atoms with E-state index in [1.807, 2.05) is 12.1 Å². The minimum Gasteiger partial charge on any atom is -0.399 e. The molecule has 5 heteroatoms. The van der Waals surface area contributed by atoms with Crippen molar-refractivity contribution in [2.75, 3.05) is 5.73 Å². The number of nitrogen functional groups attached to an aromatic ring is 1. The molecule has 1 heterocycles. The molecule has 5 nitrogen and oxygen atoms in total. The highest BCUT2D eigenvalue weighted by Crippen LogP contribution is 2.14. The van der Waals surface area contributed by atoms with Crippen LogP contribution in [-0.2, 0) is 0 Å². The molecule has 0 amide bonds. The van der Waals surface area contributed by atoms with Crippen molar-refractivity contribution in [3.05, 3.63) is 72.3 Å². The molecule has 0 unspecified atom stereocenters. The van der Waals surface area contributed by atoms with Crippen molar-refractivity contribution < 1.29 is 4.79 Å². The highest BCUT2D eigenvalue weighted by molar-refractivity contribution is 6.09. The lowest BCUT2D eigenvalue weighted by Crippen LogP contribution is -2.02. The predicted molar refractivity (Wildman–Crippen MR) is 75.6 cm³/mol. The van der Waals surface area contributed by atoms with Crippen LogP contribution < -0.4 is 5.73 Å². The van der Waals surface area contributed by atoms with E-state index in [0.29, 0.717) is 16.8 Å². The molecule has 1 aromatic heterocycles. The van der Waals surface area contributed by atoms with Gasteiger partial charge in [-0.05, 0) is 48.5 Å². The van der Waals surface area contributed by atoms with Crippen molar-refractivity contribution in [2.45, 2.75) is 0 Å². The fourth-order valence-electron chi connectivity index (χ4n) is 1.91. The fraction of sp³-hybridized carbons (Fsp3) is 0. The number of hydrogen-bond acceptors (Lipinski definition) is 4. The van der Waals surface area contributed by atoms with Crippen LogP contribution in [0.3, 0.4) is 0 Å². The zero-order valence-corrected chi connectivity index (χ0v) is 10.6. The van der Waals surface area contributed by atoms with E-state index in [1.165, 1.54) is 6.33 Å². The van der Waals surface area contributed by atoms with E-state index in [-0.39, 0.29) is 5.78 Å². The van der Waals surface area contributed by atoms with Gasteiger partial charge in [0.15, 0.2) is 5.78 Å². The predicted octanol–water partition coefficient (Wildman–Crippen LogP) is 2.08. The van der Waals surface area contributed by atoms with Gasteiger partial charge in [0.2, 0.25) is 0 Å². The van der Waals surface area contributed by atoms with Crippen LogP contribution in [-0.4, -0.2) is 20.5 Å². The number of nitrogens with two attached hydrogens (primary N) is 1. The van der Waals surface area contributed by atoms with Gasteiger partial charge in [0.1, 0.15) is 12.7 Å². The Morgan fingerprint density at radius 2 is 1.55 bits per heavy atom. The zero-order valence-electron chi connectivity index (χ0n) is 10.6. The third-order valence-electron chi connectivity index (χ3n) is 2.99. The van der Waals surface area contributed by atoms with E-state index in [4.69, 9.17) is 5.73 Å². The van der Waals surface area contributed by atoms with Crippen LogP contribution in [0.15, 0.2) is 61.2 Å². The van der Waals surface area contributed by atoms with Gasteiger partial charge in [0.05, 0.1) is 5.69 Å². The van der Waals surface area contributed by atoms with Crippen molar-refractivity contribution in [3.8, 4) is 5.69 Å². The minimum absolute atomic E-state index is 0.0323. The summed E-state index contributed by atoms with van der Waals surface area (Å²) in [6.45, 7) is 0. The smallest absolute Gasteiger partial charge is 0.193 e. The van der Waals surface area contributed by atoms with Crippen molar-refractivity contribution >= 4 is 11.5 Å². The summed E-state index contributed by atoms with van der Waals surface area (Å²) in [5, 5.41) is 4.04. The largest absolute Gasteiger partial charge is 0.399 e. The molecule has 20 heavy (non-hydrogen) atoms. The van der Waals surface area contributed by atoms with Crippen LogP contribution in [0.4, 0.5) is 5.69 Å². The van der Waals surface area contributed by atoms with Crippen molar-refractivity contribution in [1.82, 2.24) is 14.8 Å². The van der Waals surface area contributed by atoms with Crippen LogP contribution in [0.1, 0.15) is 15.9 Å². The number of anilines is 1. The van der Waals surface area contributed by atoms with E-state index in [1.54, 1.807) is 47.4 Å². The van der Waals surface area contributed by atoms with Gasteiger partial charge in [-0.15, -0.1) is 0 Å². The summed E-state index contributed by atoms with van der Waals surface area (Å²) in [6, 6.07) is 14.1. The average molecular weight is 264 g/mol. The lowest BCUT2D eigenvalue weighted by atomic mass is 10.0. The summed E-state index contributed by atoms with van der Waals surface area (Å²) < 4.78 is 1.64. The number of hydrogen-bond donors (Lipinski definition) is 1. The minimum atomic E-state index is -0.0323. The number of ketones is 1. The Kier molecular flexibility index (Phi) is 3.01. The van der Waals surface area contributed by atoms with Crippen molar-refractivity contribution in [1.29, 1.82) is 0 Å². The second-order valence-electron chi connectivity index (χ2n) is 4.34. The van der Waals surface area contributed by atoms with Gasteiger partial charge in [0.25, 0.3) is 0 Å². The molecule has 0 aliphatic carbocycles. The molecule has 0 spiro atoms. The van der Waals surface area contributed by atoms with Gasteiger partial charge in [-0.25, -0.2) is 9.67 Å². The first-order chi connectivity index (χ1) is 9.74. The van der Waals surface area contributed by atoms with E-state index < -0.39 is 0 Å². The lowest BCUT2D eigenvalue weighted by Gasteiger charge is -2.04. The van der Waals surface area contributed by atoms with Gasteiger partial charge < -0.3 is 5.73 Å². The van der Waals surface area contributed by atoms with Crippen molar-refractivity contribution in [3.63, 3.8) is 0 Å². The van der Waals surface area contributed by atoms with Gasteiger partial charge in [-0.1, -0.05) is 0 Å². The Morgan fingerprint density at radius 1 is 0.950 bits per heavy atom. The van der Waals surface area contributed by atoms with E-state index in [2.05, 4.69) is 10.1 Å². The summed E-state index contributed by atoms with van der Waals surface area (Å²) in [7, 11) is 0. The summed E-state index contributed by atoms with van der Waals surface area (Å²) >= 11 is 0. The molecule has 0 atom stereocenters. The first-order valence-electron chi connectivity index (χ1n) is 6.09. The average Bonchev–Trinajstić information content (AvgIpc) is 3.02. The molecule has 0 radical (unpaired) electrons. The van der Waals surface area contributed by atoms with Gasteiger partial charge in [-0.3, -0.25) is 4.79 Å². The van der Waals surface area contributed by atoms with Crippen LogP contribution in [0, 0.1) is 0 Å². The fourth-order valence-corrected chi connectivity index (χ4v) is 1.91. The molecular formula is C15H12N4O. The molecule has 2 N–H and O–H groups in total. The number of benzene rings is 2. The topological polar surface area (TPSA) is 73.8 Å². The van der Waals surface area contributed by atoms with Gasteiger partial charge in [0, 0.05) is 16.8 Å². The molecule has 98 valence electrons. The first-order valence-corrected chi connectivity index (χ1v) is 6.09. The molecule has 0 fully saturated rings. The lowest BCUT2D eigenvalue weighted by molar-refractivity contribution is 0.103. The Hall–Kier alpha value is -2.95. The molecule has 0 saturated carbocycles. The molecule has 3 aromatic rings. The summed E-state index contributed by atoms with van der Waals surface area (Å²) in [6.07, 6.45) is 3.07. The Morgan fingerprint density at radius 3 is 2.10 bits per heavy atom. The van der Waals surface area contributed by atoms with E-state index >= 15 is 0 Å². The highest BCUT2D eigenvalue weighted by Gasteiger charge is 2.09. The second kappa shape index (κ2) is 4.97. The van der Waals surface area contributed by atoms with Crippen LogP contribution in [0.25, 0.3) is 5.69 Å². The van der Waals surface area contributed by atoms with E-state index in [9.17, 15) is 4.79 Å². The Balaban J connectivity index is 1.87. The number of carbonyl (C=O) groups excluding carboxylic acids is 1. The Bertz CT molecular complexity index is 716. The third-order valence-corrected chi connectivity index (χ3v) is 2.99. The van der Waals surface area contributed by atoms with Crippen LogP contribution in [0.2, 0.25) is 0 Å². The molecular weight excluding hydrogens is 252 g/mol. The quantitative estimate of drug-likeness (QED) is 0.580. The maximum atomic E-state index is 12.3. The zero-order chi connectivity index (χ0) is 13.9. The molecule has 2 aromatic carbocycles. The molecule has 0 bridgehead atoms.